The normalized spacial score (nSPS) is 15.5. The summed E-state index contributed by atoms with van der Waals surface area (Å²) in [5.41, 5.74) is 0.332. The van der Waals surface area contributed by atoms with E-state index in [0.717, 1.165) is 38.1 Å². The fourth-order valence-corrected chi connectivity index (χ4v) is 2.24. The molecule has 0 unspecified atom stereocenters. The second-order valence-corrected chi connectivity index (χ2v) is 4.97. The van der Waals surface area contributed by atoms with E-state index in [0.29, 0.717) is 11.3 Å². The number of aryl methyl sites for hydroxylation is 1. The van der Waals surface area contributed by atoms with E-state index in [9.17, 15) is 18.0 Å². The molecule has 1 heterocycles. The van der Waals surface area contributed by atoms with Crippen molar-refractivity contribution in [2.75, 3.05) is 25.0 Å². The summed E-state index contributed by atoms with van der Waals surface area (Å²) < 4.78 is 37.9. The van der Waals surface area contributed by atoms with Gasteiger partial charge in [0, 0.05) is 18.8 Å². The Hall–Kier alpha value is -1.72. The van der Waals surface area contributed by atoms with E-state index in [1.165, 1.54) is 6.07 Å². The largest absolute Gasteiger partial charge is 0.416 e. The lowest BCUT2D eigenvalue weighted by atomic mass is 10.1. The topological polar surface area (TPSA) is 32.3 Å². The fourth-order valence-electron chi connectivity index (χ4n) is 2.24. The van der Waals surface area contributed by atoms with Crippen LogP contribution in [-0.4, -0.2) is 30.4 Å². The van der Waals surface area contributed by atoms with E-state index in [1.807, 2.05) is 0 Å². The van der Waals surface area contributed by atoms with Gasteiger partial charge in [-0.25, -0.2) is 0 Å². The molecule has 0 bridgehead atoms. The van der Waals surface area contributed by atoms with Crippen molar-refractivity contribution in [3.05, 3.63) is 29.3 Å². The summed E-state index contributed by atoms with van der Waals surface area (Å²) >= 11 is 0. The third-order valence-corrected chi connectivity index (χ3v) is 3.45. The number of carbonyl (C=O) groups excluding carboxylic acids is 1. The van der Waals surface area contributed by atoms with Crippen LogP contribution in [-0.2, 0) is 11.0 Å². The number of halogens is 3. The van der Waals surface area contributed by atoms with Gasteiger partial charge in [-0.15, -0.1) is 0 Å². The molecule has 1 aliphatic rings. The summed E-state index contributed by atoms with van der Waals surface area (Å²) in [4.78, 5) is 13.6. The highest BCUT2D eigenvalue weighted by atomic mass is 19.4. The number of benzene rings is 1. The summed E-state index contributed by atoms with van der Waals surface area (Å²) in [6, 6.07) is 3.50. The number of amides is 1. The molecule has 6 heteroatoms. The van der Waals surface area contributed by atoms with Crippen molar-refractivity contribution in [2.24, 2.45) is 0 Å². The highest BCUT2D eigenvalue weighted by Gasteiger charge is 2.30. The lowest BCUT2D eigenvalue weighted by Gasteiger charge is -2.17. The molecule has 1 aliphatic heterocycles. The number of anilines is 1. The van der Waals surface area contributed by atoms with E-state index in [-0.39, 0.29) is 12.5 Å². The van der Waals surface area contributed by atoms with Gasteiger partial charge in [-0.2, -0.15) is 13.2 Å². The molecule has 0 saturated carbocycles. The van der Waals surface area contributed by atoms with Crippen molar-refractivity contribution in [1.82, 2.24) is 4.90 Å². The maximum atomic E-state index is 12.6. The molecule has 1 aromatic rings. The molecule has 1 saturated heterocycles. The van der Waals surface area contributed by atoms with Crippen molar-refractivity contribution in [3.63, 3.8) is 0 Å². The minimum atomic E-state index is -4.37. The van der Waals surface area contributed by atoms with Gasteiger partial charge in [0.05, 0.1) is 12.1 Å². The van der Waals surface area contributed by atoms with Crippen molar-refractivity contribution in [1.29, 1.82) is 0 Å². The first kappa shape index (κ1) is 14.7. The molecule has 0 aromatic heterocycles. The predicted molar refractivity (Wildman–Crippen MR) is 70.5 cm³/mol. The van der Waals surface area contributed by atoms with E-state index in [1.54, 1.807) is 11.8 Å². The van der Waals surface area contributed by atoms with Crippen LogP contribution in [0.25, 0.3) is 0 Å². The number of likely N-dealkylation sites (tertiary alicyclic amines) is 1. The first-order chi connectivity index (χ1) is 9.38. The van der Waals surface area contributed by atoms with Crippen molar-refractivity contribution < 1.29 is 18.0 Å². The SMILES string of the molecule is Cc1ccc(C(F)(F)F)cc1NCC(=O)N1CCCC1. The number of hydrogen-bond donors (Lipinski definition) is 1. The second kappa shape index (κ2) is 5.73. The number of carbonyl (C=O) groups is 1. The zero-order chi connectivity index (χ0) is 14.8. The van der Waals surface area contributed by atoms with Gasteiger partial charge in [0.2, 0.25) is 5.91 Å². The van der Waals surface area contributed by atoms with Crippen LogP contribution in [0.5, 0.6) is 0 Å². The van der Waals surface area contributed by atoms with Gasteiger partial charge in [-0.3, -0.25) is 4.79 Å². The van der Waals surface area contributed by atoms with Gasteiger partial charge >= 0.3 is 6.18 Å². The van der Waals surface area contributed by atoms with Crippen molar-refractivity contribution >= 4 is 11.6 Å². The Morgan fingerprint density at radius 3 is 2.55 bits per heavy atom. The van der Waals surface area contributed by atoms with Crippen LogP contribution in [0.3, 0.4) is 0 Å². The molecule has 2 rings (SSSR count). The Morgan fingerprint density at radius 2 is 1.95 bits per heavy atom. The minimum absolute atomic E-state index is 0.0299. The van der Waals surface area contributed by atoms with E-state index < -0.39 is 11.7 Å². The summed E-state index contributed by atoms with van der Waals surface area (Å²) in [6.07, 6.45) is -2.38. The van der Waals surface area contributed by atoms with Crippen LogP contribution < -0.4 is 5.32 Å². The first-order valence-electron chi connectivity index (χ1n) is 6.57. The minimum Gasteiger partial charge on any atom is -0.376 e. The van der Waals surface area contributed by atoms with Gasteiger partial charge in [0.15, 0.2) is 0 Å². The molecule has 3 nitrogen and oxygen atoms in total. The van der Waals surface area contributed by atoms with E-state index >= 15 is 0 Å². The van der Waals surface area contributed by atoms with Crippen LogP contribution in [0.15, 0.2) is 18.2 Å². The summed E-state index contributed by atoms with van der Waals surface area (Å²) in [5.74, 6) is -0.0701. The quantitative estimate of drug-likeness (QED) is 0.926. The van der Waals surface area contributed by atoms with Gasteiger partial charge in [-0.1, -0.05) is 6.07 Å². The van der Waals surface area contributed by atoms with Gasteiger partial charge < -0.3 is 10.2 Å². The maximum Gasteiger partial charge on any atom is 0.416 e. The number of nitrogens with one attached hydrogen (secondary N) is 1. The van der Waals surface area contributed by atoms with E-state index in [2.05, 4.69) is 5.32 Å². The Bertz CT molecular complexity index is 494. The molecule has 0 aliphatic carbocycles. The molecular weight excluding hydrogens is 269 g/mol. The third-order valence-electron chi connectivity index (χ3n) is 3.45. The molecule has 110 valence electrons. The maximum absolute atomic E-state index is 12.6. The first-order valence-corrected chi connectivity index (χ1v) is 6.57. The number of rotatable bonds is 3. The summed E-state index contributed by atoms with van der Waals surface area (Å²) in [7, 11) is 0. The van der Waals surface area contributed by atoms with Crippen LogP contribution >= 0.6 is 0 Å². The van der Waals surface area contributed by atoms with Crippen LogP contribution in [0.4, 0.5) is 18.9 Å². The predicted octanol–water partition coefficient (Wildman–Crippen LogP) is 3.05. The molecular formula is C14H17F3N2O. The highest BCUT2D eigenvalue weighted by molar-refractivity contribution is 5.81. The Labute approximate surface area is 115 Å². The summed E-state index contributed by atoms with van der Waals surface area (Å²) in [5, 5.41) is 2.81. The van der Waals surface area contributed by atoms with E-state index in [4.69, 9.17) is 0 Å². The third kappa shape index (κ3) is 3.43. The number of hydrogen-bond acceptors (Lipinski definition) is 2. The lowest BCUT2D eigenvalue weighted by Crippen LogP contribution is -2.33. The highest BCUT2D eigenvalue weighted by Crippen LogP contribution is 2.31. The molecule has 0 atom stereocenters. The van der Waals surface area contributed by atoms with Crippen LogP contribution in [0.1, 0.15) is 24.0 Å². The molecule has 1 N–H and O–H groups in total. The van der Waals surface area contributed by atoms with Crippen LogP contribution in [0, 0.1) is 6.92 Å². The van der Waals surface area contributed by atoms with Crippen molar-refractivity contribution in [3.8, 4) is 0 Å². The number of nitrogens with zero attached hydrogens (tertiary/aromatic N) is 1. The molecule has 1 amide bonds. The Kier molecular flexibility index (Phi) is 4.20. The zero-order valence-electron chi connectivity index (χ0n) is 11.3. The average molecular weight is 286 g/mol. The van der Waals surface area contributed by atoms with Gasteiger partial charge in [-0.05, 0) is 37.5 Å². The molecule has 1 fully saturated rings. The van der Waals surface area contributed by atoms with Crippen molar-refractivity contribution in [2.45, 2.75) is 25.9 Å². The molecule has 0 spiro atoms. The monoisotopic (exact) mass is 286 g/mol. The Morgan fingerprint density at radius 1 is 1.30 bits per heavy atom. The smallest absolute Gasteiger partial charge is 0.376 e. The molecule has 20 heavy (non-hydrogen) atoms. The standard InChI is InChI=1S/C14H17F3N2O/c1-10-4-5-11(14(15,16)17)8-12(10)18-9-13(20)19-6-2-3-7-19/h4-5,8,18H,2-3,6-7,9H2,1H3. The molecule has 1 aromatic carbocycles. The zero-order valence-corrected chi connectivity index (χ0v) is 11.3. The lowest BCUT2D eigenvalue weighted by molar-refractivity contribution is -0.137. The molecule has 0 radical (unpaired) electrons. The Balaban J connectivity index is 2.03. The summed E-state index contributed by atoms with van der Waals surface area (Å²) in [6.45, 7) is 3.22. The average Bonchev–Trinajstić information content (AvgIpc) is 2.90. The van der Waals surface area contributed by atoms with Gasteiger partial charge in [0.1, 0.15) is 0 Å². The fraction of sp³-hybridized carbons (Fsp3) is 0.500. The van der Waals surface area contributed by atoms with Gasteiger partial charge in [0.25, 0.3) is 0 Å². The number of alkyl halides is 3. The second-order valence-electron chi connectivity index (χ2n) is 4.97. The van der Waals surface area contributed by atoms with Crippen LogP contribution in [0.2, 0.25) is 0 Å².